The highest BCUT2D eigenvalue weighted by Gasteiger charge is 2.22. The van der Waals surface area contributed by atoms with Crippen molar-refractivity contribution in [1.29, 1.82) is 0 Å². The maximum absolute atomic E-state index is 6.10. The molecular weight excluding hydrogens is 430 g/mol. The quantitative estimate of drug-likeness (QED) is 0.246. The lowest BCUT2D eigenvalue weighted by atomic mass is 10.1. The predicted octanol–water partition coefficient (Wildman–Crippen LogP) is 9.11. The summed E-state index contributed by atoms with van der Waals surface area (Å²) in [5.74, 6) is 0. The van der Waals surface area contributed by atoms with Gasteiger partial charge in [-0.05, 0) is 36.4 Å². The first-order chi connectivity index (χ1) is 15.9. The molecule has 4 heteroatoms. The summed E-state index contributed by atoms with van der Waals surface area (Å²) in [7, 11) is 0. The number of thiophene rings is 2. The second kappa shape index (κ2) is 6.00. The smallest absolute Gasteiger partial charge is 0.135 e. The number of benzene rings is 4. The van der Waals surface area contributed by atoms with Crippen LogP contribution in [-0.2, 0) is 0 Å². The molecule has 4 aromatic carbocycles. The molecule has 0 radical (unpaired) electrons. The van der Waals surface area contributed by atoms with Crippen LogP contribution in [0, 0.1) is 0 Å². The molecule has 32 heavy (non-hydrogen) atoms. The van der Waals surface area contributed by atoms with Crippen LogP contribution < -0.4 is 0 Å². The van der Waals surface area contributed by atoms with E-state index in [9.17, 15) is 0 Å². The van der Waals surface area contributed by atoms with E-state index in [1.807, 2.05) is 34.8 Å². The Bertz CT molecular complexity index is 2000. The van der Waals surface area contributed by atoms with Crippen LogP contribution in [0.4, 0.5) is 0 Å². The summed E-state index contributed by atoms with van der Waals surface area (Å²) in [6.07, 6.45) is 0. The molecule has 0 aliphatic heterocycles. The van der Waals surface area contributed by atoms with Gasteiger partial charge in [0.05, 0.1) is 10.2 Å². The lowest BCUT2D eigenvalue weighted by Crippen LogP contribution is -1.92. The minimum absolute atomic E-state index is 0.932. The molecule has 0 aliphatic carbocycles. The summed E-state index contributed by atoms with van der Waals surface area (Å²) >= 11 is 3.78. The van der Waals surface area contributed by atoms with Crippen LogP contribution in [0.3, 0.4) is 0 Å². The van der Waals surface area contributed by atoms with Crippen molar-refractivity contribution in [3.63, 3.8) is 0 Å². The summed E-state index contributed by atoms with van der Waals surface area (Å²) < 4.78 is 12.6. The third-order valence-corrected chi connectivity index (χ3v) is 8.75. The third kappa shape index (κ3) is 2.08. The lowest BCUT2D eigenvalue weighted by molar-refractivity contribution is 0.669. The number of nitrogens with zero attached hydrogens (tertiary/aromatic N) is 1. The molecule has 150 valence electrons. The summed E-state index contributed by atoms with van der Waals surface area (Å²) in [6, 6.07) is 32.4. The van der Waals surface area contributed by atoms with Crippen molar-refractivity contribution >= 4 is 85.2 Å². The van der Waals surface area contributed by atoms with Gasteiger partial charge in [-0.2, -0.15) is 0 Å². The van der Waals surface area contributed by atoms with Crippen molar-refractivity contribution in [3.8, 4) is 5.69 Å². The van der Waals surface area contributed by atoms with Gasteiger partial charge in [0.15, 0.2) is 0 Å². The van der Waals surface area contributed by atoms with E-state index < -0.39 is 0 Å². The Kier molecular flexibility index (Phi) is 3.19. The SMILES string of the molecule is c1ccc2c(c1)oc1ccc(-n3c4sc5ccccc5c4c4sc5ccccc5c43)cc12. The molecule has 4 heterocycles. The van der Waals surface area contributed by atoms with Crippen molar-refractivity contribution in [1.82, 2.24) is 4.57 Å². The maximum atomic E-state index is 6.10. The fourth-order valence-electron chi connectivity index (χ4n) is 5.03. The van der Waals surface area contributed by atoms with Gasteiger partial charge in [-0.1, -0.05) is 54.6 Å². The summed E-state index contributed by atoms with van der Waals surface area (Å²) in [5, 5.41) is 6.36. The molecule has 8 rings (SSSR count). The average Bonchev–Trinajstić information content (AvgIpc) is 3.55. The molecule has 2 nitrogen and oxygen atoms in total. The summed E-state index contributed by atoms with van der Waals surface area (Å²) in [4.78, 5) is 1.31. The second-order valence-electron chi connectivity index (χ2n) is 8.17. The van der Waals surface area contributed by atoms with Gasteiger partial charge >= 0.3 is 0 Å². The van der Waals surface area contributed by atoms with E-state index in [-0.39, 0.29) is 0 Å². The van der Waals surface area contributed by atoms with Gasteiger partial charge in [0.2, 0.25) is 0 Å². The number of fused-ring (bicyclic) bond motifs is 10. The van der Waals surface area contributed by atoms with Crippen molar-refractivity contribution < 1.29 is 4.42 Å². The molecule has 4 aromatic heterocycles. The van der Waals surface area contributed by atoms with E-state index in [4.69, 9.17) is 4.42 Å². The van der Waals surface area contributed by atoms with E-state index in [1.165, 1.54) is 46.3 Å². The Morgan fingerprint density at radius 3 is 2.16 bits per heavy atom. The molecule has 0 unspecified atom stereocenters. The molecule has 0 aliphatic rings. The molecule has 0 N–H and O–H groups in total. The molecular formula is C28H15NOS2. The van der Waals surface area contributed by atoms with E-state index in [2.05, 4.69) is 83.4 Å². The fourth-order valence-corrected chi connectivity index (χ4v) is 7.58. The van der Waals surface area contributed by atoms with Crippen molar-refractivity contribution in [2.24, 2.45) is 0 Å². The topological polar surface area (TPSA) is 18.1 Å². The Morgan fingerprint density at radius 1 is 0.594 bits per heavy atom. The van der Waals surface area contributed by atoms with Crippen LogP contribution in [0.25, 0.3) is 68.2 Å². The van der Waals surface area contributed by atoms with Crippen LogP contribution in [0.5, 0.6) is 0 Å². The van der Waals surface area contributed by atoms with Crippen LogP contribution >= 0.6 is 22.7 Å². The largest absolute Gasteiger partial charge is 0.456 e. The van der Waals surface area contributed by atoms with Crippen LogP contribution in [0.2, 0.25) is 0 Å². The lowest BCUT2D eigenvalue weighted by Gasteiger charge is -2.07. The Balaban J connectivity index is 1.59. The third-order valence-electron chi connectivity index (χ3n) is 6.42. The zero-order valence-electron chi connectivity index (χ0n) is 16.8. The normalized spacial score (nSPS) is 12.4. The van der Waals surface area contributed by atoms with Gasteiger partial charge in [0.1, 0.15) is 16.0 Å². The molecule has 0 spiro atoms. The highest BCUT2D eigenvalue weighted by atomic mass is 32.1. The second-order valence-corrected chi connectivity index (χ2v) is 10.3. The Hall–Kier alpha value is -3.60. The molecule has 0 atom stereocenters. The monoisotopic (exact) mass is 445 g/mol. The highest BCUT2D eigenvalue weighted by molar-refractivity contribution is 7.30. The predicted molar refractivity (Wildman–Crippen MR) is 139 cm³/mol. The van der Waals surface area contributed by atoms with Crippen molar-refractivity contribution in [3.05, 3.63) is 91.0 Å². The van der Waals surface area contributed by atoms with Crippen molar-refractivity contribution in [2.75, 3.05) is 0 Å². The number of hydrogen-bond donors (Lipinski definition) is 0. The van der Waals surface area contributed by atoms with Gasteiger partial charge in [0.25, 0.3) is 0 Å². The number of para-hydroxylation sites is 1. The van der Waals surface area contributed by atoms with E-state index in [0.29, 0.717) is 0 Å². The zero-order valence-corrected chi connectivity index (χ0v) is 18.5. The standard InChI is InChI=1S/C28H15NOS2/c1-4-10-21-17(7-1)20-15-16(13-14-22(20)30-21)29-26-19-9-3-6-12-24(19)31-27(26)25-18-8-2-5-11-23(18)32-28(25)29/h1-15H. The van der Waals surface area contributed by atoms with Gasteiger partial charge in [-0.3, -0.25) is 4.57 Å². The number of furan rings is 1. The van der Waals surface area contributed by atoms with E-state index in [1.54, 1.807) is 0 Å². The molecule has 0 bridgehead atoms. The number of aromatic nitrogens is 1. The minimum Gasteiger partial charge on any atom is -0.456 e. The Morgan fingerprint density at radius 2 is 1.28 bits per heavy atom. The van der Waals surface area contributed by atoms with Gasteiger partial charge in [0, 0.05) is 42.0 Å². The molecule has 0 fully saturated rings. The summed E-state index contributed by atoms with van der Waals surface area (Å²) in [5.41, 5.74) is 4.36. The molecule has 8 aromatic rings. The van der Waals surface area contributed by atoms with Crippen molar-refractivity contribution in [2.45, 2.75) is 0 Å². The van der Waals surface area contributed by atoms with Crippen LogP contribution in [-0.4, -0.2) is 4.57 Å². The first-order valence-electron chi connectivity index (χ1n) is 10.6. The summed E-state index contributed by atoms with van der Waals surface area (Å²) in [6.45, 7) is 0. The highest BCUT2D eigenvalue weighted by Crippen LogP contribution is 2.48. The molecule has 0 saturated heterocycles. The minimum atomic E-state index is 0.932. The van der Waals surface area contributed by atoms with Gasteiger partial charge < -0.3 is 4.42 Å². The average molecular weight is 446 g/mol. The number of hydrogen-bond acceptors (Lipinski definition) is 3. The first kappa shape index (κ1) is 17.0. The maximum Gasteiger partial charge on any atom is 0.135 e. The van der Waals surface area contributed by atoms with E-state index >= 15 is 0 Å². The first-order valence-corrected chi connectivity index (χ1v) is 12.2. The Labute approximate surface area is 190 Å². The number of rotatable bonds is 1. The molecule has 0 amide bonds. The van der Waals surface area contributed by atoms with Gasteiger partial charge in [-0.15, -0.1) is 22.7 Å². The van der Waals surface area contributed by atoms with E-state index in [0.717, 1.165) is 21.9 Å². The van der Waals surface area contributed by atoms with Gasteiger partial charge in [-0.25, -0.2) is 0 Å². The van der Waals surface area contributed by atoms with Crippen LogP contribution in [0.15, 0.2) is 95.4 Å². The van der Waals surface area contributed by atoms with Crippen LogP contribution in [0.1, 0.15) is 0 Å². The zero-order chi connectivity index (χ0) is 20.8. The fraction of sp³-hybridized carbons (Fsp3) is 0. The molecule has 0 saturated carbocycles.